The third kappa shape index (κ3) is 4.14. The van der Waals surface area contributed by atoms with Gasteiger partial charge in [0, 0.05) is 37.6 Å². The third-order valence-electron chi connectivity index (χ3n) is 4.98. The van der Waals surface area contributed by atoms with Crippen LogP contribution in [0.25, 0.3) is 0 Å². The summed E-state index contributed by atoms with van der Waals surface area (Å²) in [6, 6.07) is 16.0. The van der Waals surface area contributed by atoms with Gasteiger partial charge in [-0.3, -0.25) is 0 Å². The monoisotopic (exact) mass is 359 g/mol. The Morgan fingerprint density at radius 1 is 1.00 bits per heavy atom. The standard InChI is InChI=1S/C19H25N3O2S/c1-15-3-5-16(6-4-15)21(2)17-11-13-22(14-12-17)18-7-9-19(10-8-18)25(20,23)24/h3-10,17H,11-14H2,1-2H3,(H2,20,23,24). The second-order valence-corrected chi connectivity index (χ2v) is 8.27. The molecule has 2 aromatic rings. The van der Waals surface area contributed by atoms with Crippen molar-refractivity contribution in [2.45, 2.75) is 30.7 Å². The molecule has 0 atom stereocenters. The zero-order valence-electron chi connectivity index (χ0n) is 14.7. The molecule has 0 unspecified atom stereocenters. The van der Waals surface area contributed by atoms with E-state index in [2.05, 4.69) is 48.0 Å². The van der Waals surface area contributed by atoms with Crippen molar-refractivity contribution in [3.8, 4) is 0 Å². The largest absolute Gasteiger partial charge is 0.371 e. The van der Waals surface area contributed by atoms with Gasteiger partial charge in [-0.05, 0) is 56.2 Å². The smallest absolute Gasteiger partial charge is 0.238 e. The maximum atomic E-state index is 11.4. The fraction of sp³-hybridized carbons (Fsp3) is 0.368. The van der Waals surface area contributed by atoms with E-state index in [-0.39, 0.29) is 4.90 Å². The first-order valence-electron chi connectivity index (χ1n) is 8.52. The van der Waals surface area contributed by atoms with E-state index in [4.69, 9.17) is 5.14 Å². The Hall–Kier alpha value is -2.05. The molecule has 1 fully saturated rings. The summed E-state index contributed by atoms with van der Waals surface area (Å²) in [5.74, 6) is 0. The molecular formula is C19H25N3O2S. The minimum Gasteiger partial charge on any atom is -0.371 e. The summed E-state index contributed by atoms with van der Waals surface area (Å²) < 4.78 is 22.7. The molecule has 0 aliphatic carbocycles. The number of anilines is 2. The van der Waals surface area contributed by atoms with Gasteiger partial charge in [0.05, 0.1) is 4.90 Å². The number of aryl methyl sites for hydroxylation is 1. The maximum absolute atomic E-state index is 11.4. The predicted octanol–water partition coefficient (Wildman–Crippen LogP) is 2.75. The average molecular weight is 359 g/mol. The molecule has 25 heavy (non-hydrogen) atoms. The molecule has 6 heteroatoms. The van der Waals surface area contributed by atoms with Gasteiger partial charge in [-0.25, -0.2) is 13.6 Å². The van der Waals surface area contributed by atoms with Gasteiger partial charge in [-0.15, -0.1) is 0 Å². The van der Waals surface area contributed by atoms with Gasteiger partial charge in [0.15, 0.2) is 0 Å². The number of rotatable bonds is 4. The third-order valence-corrected chi connectivity index (χ3v) is 5.91. The van der Waals surface area contributed by atoms with E-state index >= 15 is 0 Å². The van der Waals surface area contributed by atoms with Crippen molar-refractivity contribution in [2.75, 3.05) is 29.9 Å². The molecule has 134 valence electrons. The lowest BCUT2D eigenvalue weighted by Gasteiger charge is -2.39. The molecule has 0 spiro atoms. The highest BCUT2D eigenvalue weighted by Crippen LogP contribution is 2.26. The minimum atomic E-state index is -3.63. The number of primary sulfonamides is 1. The lowest BCUT2D eigenvalue weighted by Crippen LogP contribution is -2.43. The van der Waals surface area contributed by atoms with E-state index < -0.39 is 10.0 Å². The summed E-state index contributed by atoms with van der Waals surface area (Å²) in [6.07, 6.45) is 2.14. The molecule has 0 bridgehead atoms. The van der Waals surface area contributed by atoms with Crippen LogP contribution < -0.4 is 14.9 Å². The molecule has 5 nitrogen and oxygen atoms in total. The van der Waals surface area contributed by atoms with Crippen LogP contribution in [0, 0.1) is 6.92 Å². The molecular weight excluding hydrogens is 334 g/mol. The molecule has 0 aromatic heterocycles. The Bertz CT molecular complexity index is 809. The van der Waals surface area contributed by atoms with Crippen LogP contribution in [0.4, 0.5) is 11.4 Å². The molecule has 0 saturated carbocycles. The quantitative estimate of drug-likeness (QED) is 0.911. The molecule has 2 N–H and O–H groups in total. The van der Waals surface area contributed by atoms with Crippen LogP contribution in [0.5, 0.6) is 0 Å². The fourth-order valence-electron chi connectivity index (χ4n) is 3.35. The molecule has 0 amide bonds. The first-order valence-corrected chi connectivity index (χ1v) is 10.1. The Balaban J connectivity index is 1.62. The summed E-state index contributed by atoms with van der Waals surface area (Å²) in [6.45, 7) is 4.01. The van der Waals surface area contributed by atoms with Gasteiger partial charge >= 0.3 is 0 Å². The lowest BCUT2D eigenvalue weighted by molar-refractivity contribution is 0.482. The second kappa shape index (κ2) is 7.06. The summed E-state index contributed by atoms with van der Waals surface area (Å²) in [7, 11) is -1.47. The highest BCUT2D eigenvalue weighted by Gasteiger charge is 2.23. The summed E-state index contributed by atoms with van der Waals surface area (Å²) in [5.41, 5.74) is 3.57. The molecule has 3 rings (SSSR count). The number of benzene rings is 2. The van der Waals surface area contributed by atoms with Crippen LogP contribution in [-0.2, 0) is 10.0 Å². The number of piperidine rings is 1. The molecule has 1 heterocycles. The molecule has 1 saturated heterocycles. The predicted molar refractivity (Wildman–Crippen MR) is 103 cm³/mol. The van der Waals surface area contributed by atoms with Crippen molar-refractivity contribution >= 4 is 21.4 Å². The first-order chi connectivity index (χ1) is 11.8. The van der Waals surface area contributed by atoms with Crippen LogP contribution in [0.15, 0.2) is 53.4 Å². The Kier molecular flexibility index (Phi) is 5.01. The van der Waals surface area contributed by atoms with E-state index in [9.17, 15) is 8.42 Å². The second-order valence-electron chi connectivity index (χ2n) is 6.70. The number of hydrogen-bond acceptors (Lipinski definition) is 4. The van der Waals surface area contributed by atoms with E-state index in [1.165, 1.54) is 11.3 Å². The zero-order valence-corrected chi connectivity index (χ0v) is 15.5. The van der Waals surface area contributed by atoms with Gasteiger partial charge in [-0.1, -0.05) is 17.7 Å². The Morgan fingerprint density at radius 3 is 2.08 bits per heavy atom. The van der Waals surface area contributed by atoms with Crippen molar-refractivity contribution in [1.82, 2.24) is 0 Å². The van der Waals surface area contributed by atoms with Crippen molar-refractivity contribution in [1.29, 1.82) is 0 Å². The molecule has 0 radical (unpaired) electrons. The van der Waals surface area contributed by atoms with Crippen molar-refractivity contribution in [2.24, 2.45) is 5.14 Å². The topological polar surface area (TPSA) is 66.6 Å². The normalized spacial score (nSPS) is 16.0. The lowest BCUT2D eigenvalue weighted by atomic mass is 10.0. The van der Waals surface area contributed by atoms with Crippen LogP contribution in [0.1, 0.15) is 18.4 Å². The zero-order chi connectivity index (χ0) is 18.0. The van der Waals surface area contributed by atoms with E-state index in [0.717, 1.165) is 31.6 Å². The summed E-state index contributed by atoms with van der Waals surface area (Å²) in [5, 5.41) is 5.15. The molecule has 1 aliphatic rings. The Morgan fingerprint density at radius 2 is 1.56 bits per heavy atom. The van der Waals surface area contributed by atoms with E-state index in [1.807, 2.05) is 12.1 Å². The van der Waals surface area contributed by atoms with Gasteiger partial charge in [0.2, 0.25) is 10.0 Å². The van der Waals surface area contributed by atoms with Crippen molar-refractivity contribution in [3.63, 3.8) is 0 Å². The number of hydrogen-bond donors (Lipinski definition) is 1. The van der Waals surface area contributed by atoms with E-state index in [1.54, 1.807) is 12.1 Å². The summed E-state index contributed by atoms with van der Waals surface area (Å²) >= 11 is 0. The summed E-state index contributed by atoms with van der Waals surface area (Å²) in [4.78, 5) is 4.82. The van der Waals surface area contributed by atoms with Crippen LogP contribution >= 0.6 is 0 Å². The van der Waals surface area contributed by atoms with Gasteiger partial charge in [-0.2, -0.15) is 0 Å². The minimum absolute atomic E-state index is 0.158. The molecule has 1 aliphatic heterocycles. The van der Waals surface area contributed by atoms with Crippen LogP contribution in [0.2, 0.25) is 0 Å². The van der Waals surface area contributed by atoms with Crippen LogP contribution in [-0.4, -0.2) is 34.6 Å². The number of nitrogens with two attached hydrogens (primary N) is 1. The van der Waals surface area contributed by atoms with Gasteiger partial charge in [0.25, 0.3) is 0 Å². The highest BCUT2D eigenvalue weighted by atomic mass is 32.2. The number of nitrogens with zero attached hydrogens (tertiary/aromatic N) is 2. The fourth-order valence-corrected chi connectivity index (χ4v) is 3.86. The van der Waals surface area contributed by atoms with Crippen molar-refractivity contribution < 1.29 is 8.42 Å². The van der Waals surface area contributed by atoms with Gasteiger partial charge < -0.3 is 9.80 Å². The first kappa shape index (κ1) is 17.8. The van der Waals surface area contributed by atoms with Crippen LogP contribution in [0.3, 0.4) is 0 Å². The highest BCUT2D eigenvalue weighted by molar-refractivity contribution is 7.89. The van der Waals surface area contributed by atoms with Crippen molar-refractivity contribution in [3.05, 3.63) is 54.1 Å². The Labute approximate surface area is 150 Å². The number of sulfonamides is 1. The maximum Gasteiger partial charge on any atom is 0.238 e. The average Bonchev–Trinajstić information content (AvgIpc) is 2.61. The SMILES string of the molecule is Cc1ccc(N(C)C2CCN(c3ccc(S(N)(=O)=O)cc3)CC2)cc1. The molecule has 2 aromatic carbocycles. The van der Waals surface area contributed by atoms with Gasteiger partial charge in [0.1, 0.15) is 0 Å². The van der Waals surface area contributed by atoms with E-state index in [0.29, 0.717) is 6.04 Å².